The molecular formula is C18H31N3O2. The van der Waals surface area contributed by atoms with Crippen molar-refractivity contribution in [2.75, 3.05) is 20.1 Å². The number of fused-ring (bicyclic) bond motifs is 1. The zero-order valence-corrected chi connectivity index (χ0v) is 15.0. The molecular weight excluding hydrogens is 290 g/mol. The van der Waals surface area contributed by atoms with E-state index in [9.17, 15) is 4.79 Å². The van der Waals surface area contributed by atoms with Crippen molar-refractivity contribution in [3.8, 4) is 0 Å². The van der Waals surface area contributed by atoms with Crippen molar-refractivity contribution in [3.63, 3.8) is 0 Å². The summed E-state index contributed by atoms with van der Waals surface area (Å²) in [6.45, 7) is 8.29. The molecule has 1 aliphatic carbocycles. The fourth-order valence-corrected chi connectivity index (χ4v) is 2.77. The molecule has 1 saturated carbocycles. The summed E-state index contributed by atoms with van der Waals surface area (Å²) in [5.41, 5.74) is 0.916. The average molecular weight is 321 g/mol. The molecule has 1 atom stereocenters. The maximum absolute atomic E-state index is 12.5. The second kappa shape index (κ2) is 8.48. The van der Waals surface area contributed by atoms with Crippen LogP contribution in [0.3, 0.4) is 0 Å². The Bertz CT molecular complexity index is 494. The highest BCUT2D eigenvalue weighted by Gasteiger charge is 2.34. The number of hydrogen-bond donors (Lipinski definition) is 1. The van der Waals surface area contributed by atoms with Gasteiger partial charge < -0.3 is 14.6 Å². The largest absolute Gasteiger partial charge is 0.446 e. The lowest BCUT2D eigenvalue weighted by Gasteiger charge is -2.32. The number of nitrogens with zero attached hydrogens (tertiary/aromatic N) is 2. The standard InChI is InChI=1S/C13H19N3O2.C5H12/c1-14-11-12-10(15-8-18-12)5-6-16(13(11)17)7-9-3-2-4-9;1-4-5(2)3/h8-9,11,14H,2-7H2,1H3;5H,4H2,1-3H3. The molecule has 2 heterocycles. The zero-order chi connectivity index (χ0) is 16.8. The number of oxazole rings is 1. The maximum atomic E-state index is 12.5. The van der Waals surface area contributed by atoms with Crippen molar-refractivity contribution in [1.29, 1.82) is 0 Å². The van der Waals surface area contributed by atoms with E-state index in [1.54, 1.807) is 7.05 Å². The van der Waals surface area contributed by atoms with Crippen LogP contribution in [0.4, 0.5) is 0 Å². The van der Waals surface area contributed by atoms with Crippen molar-refractivity contribution in [2.45, 2.75) is 58.9 Å². The van der Waals surface area contributed by atoms with Crippen LogP contribution in [0.25, 0.3) is 0 Å². The van der Waals surface area contributed by atoms with Gasteiger partial charge in [-0.05, 0) is 31.7 Å². The Kier molecular flexibility index (Phi) is 6.63. The summed E-state index contributed by atoms with van der Waals surface area (Å²) in [7, 11) is 1.79. The van der Waals surface area contributed by atoms with E-state index < -0.39 is 0 Å². The third kappa shape index (κ3) is 4.56. The highest BCUT2D eigenvalue weighted by atomic mass is 16.3. The van der Waals surface area contributed by atoms with Gasteiger partial charge in [0.2, 0.25) is 5.91 Å². The van der Waals surface area contributed by atoms with Gasteiger partial charge in [0, 0.05) is 19.5 Å². The van der Waals surface area contributed by atoms with Gasteiger partial charge >= 0.3 is 0 Å². The Morgan fingerprint density at radius 2 is 2.13 bits per heavy atom. The predicted molar refractivity (Wildman–Crippen MR) is 91.1 cm³/mol. The average Bonchev–Trinajstić information content (AvgIpc) is 2.90. The normalized spacial score (nSPS) is 21.3. The highest BCUT2D eigenvalue weighted by Crippen LogP contribution is 2.30. The molecule has 3 rings (SSSR count). The lowest BCUT2D eigenvalue weighted by atomic mass is 9.85. The second-order valence-electron chi connectivity index (χ2n) is 7.02. The molecule has 1 unspecified atom stereocenters. The van der Waals surface area contributed by atoms with E-state index in [4.69, 9.17) is 4.42 Å². The Balaban J connectivity index is 0.000000338. The van der Waals surface area contributed by atoms with Crippen LogP contribution < -0.4 is 5.32 Å². The molecule has 1 amide bonds. The number of carbonyl (C=O) groups excluding carboxylic acids is 1. The smallest absolute Gasteiger partial charge is 0.247 e. The third-order valence-corrected chi connectivity index (χ3v) is 4.92. The SMILES string of the molecule is CCC(C)C.CNC1C(=O)N(CC2CCC2)CCc2ncoc21. The molecule has 0 saturated heterocycles. The van der Waals surface area contributed by atoms with Crippen LogP contribution in [0.15, 0.2) is 10.8 Å². The Morgan fingerprint density at radius 3 is 2.65 bits per heavy atom. The second-order valence-corrected chi connectivity index (χ2v) is 7.02. The first-order chi connectivity index (χ1) is 11.1. The minimum atomic E-state index is -0.370. The molecule has 1 fully saturated rings. The van der Waals surface area contributed by atoms with Crippen molar-refractivity contribution >= 4 is 5.91 Å². The first-order valence-electron chi connectivity index (χ1n) is 8.95. The topological polar surface area (TPSA) is 58.4 Å². The molecule has 1 aromatic rings. The van der Waals surface area contributed by atoms with Gasteiger partial charge in [-0.15, -0.1) is 0 Å². The van der Waals surface area contributed by atoms with Gasteiger partial charge in [-0.1, -0.05) is 33.6 Å². The summed E-state index contributed by atoms with van der Waals surface area (Å²) in [5.74, 6) is 2.40. The van der Waals surface area contributed by atoms with Crippen molar-refractivity contribution < 1.29 is 9.21 Å². The van der Waals surface area contributed by atoms with Crippen LogP contribution in [0.5, 0.6) is 0 Å². The first kappa shape index (κ1) is 18.0. The summed E-state index contributed by atoms with van der Waals surface area (Å²) in [6, 6.07) is -0.370. The number of nitrogens with one attached hydrogen (secondary N) is 1. The number of hydrogen-bond acceptors (Lipinski definition) is 4. The van der Waals surface area contributed by atoms with E-state index in [-0.39, 0.29) is 11.9 Å². The van der Waals surface area contributed by atoms with E-state index in [0.29, 0.717) is 11.7 Å². The summed E-state index contributed by atoms with van der Waals surface area (Å²) >= 11 is 0. The van der Waals surface area contributed by atoms with E-state index in [2.05, 4.69) is 31.1 Å². The Morgan fingerprint density at radius 1 is 1.43 bits per heavy atom. The molecule has 5 heteroatoms. The molecule has 130 valence electrons. The molecule has 5 nitrogen and oxygen atoms in total. The summed E-state index contributed by atoms with van der Waals surface area (Å²) in [5, 5.41) is 3.05. The lowest BCUT2D eigenvalue weighted by Crippen LogP contribution is -2.42. The maximum Gasteiger partial charge on any atom is 0.247 e. The van der Waals surface area contributed by atoms with E-state index in [1.807, 2.05) is 4.90 Å². The quantitative estimate of drug-likeness (QED) is 0.925. The van der Waals surface area contributed by atoms with Crippen LogP contribution >= 0.6 is 0 Å². The fourth-order valence-electron chi connectivity index (χ4n) is 2.77. The summed E-state index contributed by atoms with van der Waals surface area (Å²) in [4.78, 5) is 18.7. The van der Waals surface area contributed by atoms with Crippen molar-refractivity contribution in [1.82, 2.24) is 15.2 Å². The monoisotopic (exact) mass is 321 g/mol. The van der Waals surface area contributed by atoms with Gasteiger partial charge in [0.05, 0.1) is 5.69 Å². The van der Waals surface area contributed by atoms with Crippen LogP contribution in [0.1, 0.15) is 64.0 Å². The molecule has 0 radical (unpaired) electrons. The minimum absolute atomic E-state index is 0.125. The van der Waals surface area contributed by atoms with E-state index >= 15 is 0 Å². The van der Waals surface area contributed by atoms with Gasteiger partial charge in [0.25, 0.3) is 0 Å². The first-order valence-corrected chi connectivity index (χ1v) is 8.95. The number of aromatic nitrogens is 1. The van der Waals surface area contributed by atoms with Crippen molar-refractivity contribution in [3.05, 3.63) is 17.8 Å². The highest BCUT2D eigenvalue weighted by molar-refractivity contribution is 5.83. The summed E-state index contributed by atoms with van der Waals surface area (Å²) in [6.07, 6.45) is 7.36. The van der Waals surface area contributed by atoms with Crippen LogP contribution in [0, 0.1) is 11.8 Å². The molecule has 1 N–H and O–H groups in total. The van der Waals surface area contributed by atoms with Gasteiger partial charge in [-0.25, -0.2) is 4.98 Å². The Labute approximate surface area is 139 Å². The molecule has 0 aromatic carbocycles. The fraction of sp³-hybridized carbons (Fsp3) is 0.778. The molecule has 1 aromatic heterocycles. The van der Waals surface area contributed by atoms with Gasteiger partial charge in [-0.2, -0.15) is 0 Å². The van der Waals surface area contributed by atoms with Crippen LogP contribution in [-0.2, 0) is 11.2 Å². The van der Waals surface area contributed by atoms with Crippen LogP contribution in [0.2, 0.25) is 0 Å². The molecule has 1 aliphatic heterocycles. The number of likely N-dealkylation sites (N-methyl/N-ethyl adjacent to an activating group) is 1. The van der Waals surface area contributed by atoms with Gasteiger partial charge in [-0.3, -0.25) is 4.79 Å². The minimum Gasteiger partial charge on any atom is -0.446 e. The van der Waals surface area contributed by atoms with Gasteiger partial charge in [0.15, 0.2) is 12.2 Å². The Hall–Kier alpha value is -1.36. The number of amides is 1. The van der Waals surface area contributed by atoms with Crippen LogP contribution in [-0.4, -0.2) is 35.9 Å². The predicted octanol–water partition coefficient (Wildman–Crippen LogP) is 3.17. The number of rotatable bonds is 4. The molecule has 0 spiro atoms. The number of carbonyl (C=O) groups is 1. The lowest BCUT2D eigenvalue weighted by molar-refractivity contribution is -0.134. The molecule has 2 aliphatic rings. The van der Waals surface area contributed by atoms with E-state index in [0.717, 1.165) is 31.1 Å². The van der Waals surface area contributed by atoms with Gasteiger partial charge in [0.1, 0.15) is 6.04 Å². The third-order valence-electron chi connectivity index (χ3n) is 4.92. The zero-order valence-electron chi connectivity index (χ0n) is 15.0. The molecule has 0 bridgehead atoms. The molecule has 23 heavy (non-hydrogen) atoms. The summed E-state index contributed by atoms with van der Waals surface area (Å²) < 4.78 is 5.38. The van der Waals surface area contributed by atoms with E-state index in [1.165, 1.54) is 32.1 Å². The van der Waals surface area contributed by atoms with Crippen molar-refractivity contribution in [2.24, 2.45) is 11.8 Å².